The predicted molar refractivity (Wildman–Crippen MR) is 74.8 cm³/mol. The van der Waals surface area contributed by atoms with Gasteiger partial charge < -0.3 is 10.5 Å². The summed E-state index contributed by atoms with van der Waals surface area (Å²) in [4.78, 5) is 10.1. The average Bonchev–Trinajstić information content (AvgIpc) is 2.46. The molecule has 7 heteroatoms. The zero-order valence-corrected chi connectivity index (χ0v) is 10.9. The van der Waals surface area contributed by atoms with Gasteiger partial charge in [-0.15, -0.1) is 0 Å². The Kier molecular flexibility index (Phi) is 4.13. The molecule has 0 aliphatic carbocycles. The van der Waals surface area contributed by atoms with Crippen molar-refractivity contribution in [3.63, 3.8) is 0 Å². The summed E-state index contributed by atoms with van der Waals surface area (Å²) in [6, 6.07) is 9.84. The lowest BCUT2D eigenvalue weighted by Crippen LogP contribution is -2.11. The van der Waals surface area contributed by atoms with E-state index in [1.807, 2.05) is 0 Å². The third-order valence-corrected chi connectivity index (χ3v) is 2.76. The number of ether oxygens (including phenoxy) is 1. The Morgan fingerprint density at radius 3 is 2.71 bits per heavy atom. The van der Waals surface area contributed by atoms with Crippen molar-refractivity contribution in [1.29, 1.82) is 5.41 Å². The first-order valence-corrected chi connectivity index (χ1v) is 5.97. The van der Waals surface area contributed by atoms with Crippen LogP contribution in [0, 0.1) is 21.3 Å². The van der Waals surface area contributed by atoms with Crippen molar-refractivity contribution >= 4 is 11.5 Å². The number of hydrogen-bond acceptors (Lipinski definition) is 4. The van der Waals surface area contributed by atoms with E-state index in [0.717, 1.165) is 6.07 Å². The topological polar surface area (TPSA) is 102 Å². The molecular weight excluding hydrogens is 277 g/mol. The van der Waals surface area contributed by atoms with E-state index in [1.54, 1.807) is 6.07 Å². The molecule has 0 saturated carbocycles. The van der Waals surface area contributed by atoms with Crippen LogP contribution < -0.4 is 10.5 Å². The van der Waals surface area contributed by atoms with Crippen LogP contribution in [0.4, 0.5) is 10.1 Å². The molecule has 3 N–H and O–H groups in total. The second kappa shape index (κ2) is 6.00. The van der Waals surface area contributed by atoms with Gasteiger partial charge in [-0.05, 0) is 23.8 Å². The third kappa shape index (κ3) is 3.53. The predicted octanol–water partition coefficient (Wildman–Crippen LogP) is 2.60. The number of nitro groups is 1. The monoisotopic (exact) mass is 289 g/mol. The van der Waals surface area contributed by atoms with Gasteiger partial charge in [0.25, 0.3) is 5.69 Å². The lowest BCUT2D eigenvalue weighted by molar-refractivity contribution is -0.384. The van der Waals surface area contributed by atoms with Crippen LogP contribution in [0.1, 0.15) is 11.1 Å². The van der Waals surface area contributed by atoms with Crippen molar-refractivity contribution in [2.45, 2.75) is 6.61 Å². The Balaban J connectivity index is 2.11. The van der Waals surface area contributed by atoms with Crippen molar-refractivity contribution in [2.75, 3.05) is 0 Å². The van der Waals surface area contributed by atoms with Gasteiger partial charge in [0.2, 0.25) is 0 Å². The maximum atomic E-state index is 13.7. The summed E-state index contributed by atoms with van der Waals surface area (Å²) in [5.74, 6) is -0.890. The molecule has 0 saturated heterocycles. The minimum atomic E-state index is -0.645. The van der Waals surface area contributed by atoms with Gasteiger partial charge >= 0.3 is 0 Å². The van der Waals surface area contributed by atoms with E-state index in [2.05, 4.69) is 0 Å². The Hall–Kier alpha value is -2.96. The normalized spacial score (nSPS) is 10.1. The SMILES string of the molecule is N=C(N)c1ccc(OCc2cccc([N+](=O)[O-])c2)c(F)c1. The Morgan fingerprint density at radius 1 is 1.33 bits per heavy atom. The van der Waals surface area contributed by atoms with Crippen molar-refractivity contribution in [3.8, 4) is 5.75 Å². The van der Waals surface area contributed by atoms with E-state index in [0.29, 0.717) is 5.56 Å². The Labute approximate surface area is 119 Å². The lowest BCUT2D eigenvalue weighted by atomic mass is 10.2. The van der Waals surface area contributed by atoms with E-state index in [-0.39, 0.29) is 29.4 Å². The summed E-state index contributed by atoms with van der Waals surface area (Å²) >= 11 is 0. The summed E-state index contributed by atoms with van der Waals surface area (Å²) < 4.78 is 19.0. The molecule has 0 spiro atoms. The highest BCUT2D eigenvalue weighted by molar-refractivity contribution is 5.95. The first kappa shape index (κ1) is 14.4. The van der Waals surface area contributed by atoms with Crippen LogP contribution in [0.2, 0.25) is 0 Å². The molecule has 0 unspecified atom stereocenters. The number of hydrogen-bond donors (Lipinski definition) is 2. The first-order chi connectivity index (χ1) is 9.97. The highest BCUT2D eigenvalue weighted by Gasteiger charge is 2.09. The average molecular weight is 289 g/mol. The molecule has 2 rings (SSSR count). The number of nitro benzene ring substituents is 1. The molecule has 108 valence electrons. The molecule has 0 bridgehead atoms. The minimum absolute atomic E-state index is 0.00197. The smallest absolute Gasteiger partial charge is 0.269 e. The molecule has 0 atom stereocenters. The summed E-state index contributed by atoms with van der Waals surface area (Å²) in [6.07, 6.45) is 0. The largest absolute Gasteiger partial charge is 0.486 e. The molecule has 0 radical (unpaired) electrons. The second-order valence-electron chi connectivity index (χ2n) is 4.27. The van der Waals surface area contributed by atoms with E-state index in [1.165, 1.54) is 30.3 Å². The fourth-order valence-corrected chi connectivity index (χ4v) is 1.71. The van der Waals surface area contributed by atoms with Crippen molar-refractivity contribution in [1.82, 2.24) is 0 Å². The lowest BCUT2D eigenvalue weighted by Gasteiger charge is -2.08. The van der Waals surface area contributed by atoms with Crippen LogP contribution in [0.5, 0.6) is 5.75 Å². The summed E-state index contributed by atoms with van der Waals surface area (Å²) in [5.41, 5.74) is 6.02. The fraction of sp³-hybridized carbons (Fsp3) is 0.0714. The number of rotatable bonds is 5. The molecule has 0 heterocycles. The standard InChI is InChI=1S/C14H12FN3O3/c15-12-7-10(14(16)17)4-5-13(12)21-8-9-2-1-3-11(6-9)18(19)20/h1-7H,8H2,(H3,16,17). The molecule has 0 aliphatic heterocycles. The Morgan fingerprint density at radius 2 is 2.10 bits per heavy atom. The fourth-order valence-electron chi connectivity index (χ4n) is 1.71. The van der Waals surface area contributed by atoms with Gasteiger partial charge in [0.1, 0.15) is 12.4 Å². The van der Waals surface area contributed by atoms with Gasteiger partial charge in [-0.2, -0.15) is 0 Å². The number of benzene rings is 2. The van der Waals surface area contributed by atoms with Gasteiger partial charge in [0.15, 0.2) is 11.6 Å². The number of nitrogens with one attached hydrogen (secondary N) is 1. The van der Waals surface area contributed by atoms with Crippen molar-refractivity contribution in [2.24, 2.45) is 5.73 Å². The van der Waals surface area contributed by atoms with E-state index < -0.39 is 10.7 Å². The zero-order valence-electron chi connectivity index (χ0n) is 10.9. The molecule has 0 aliphatic rings. The number of halogens is 1. The number of amidine groups is 1. The zero-order chi connectivity index (χ0) is 15.4. The minimum Gasteiger partial charge on any atom is -0.486 e. The van der Waals surface area contributed by atoms with Crippen molar-refractivity contribution in [3.05, 3.63) is 69.5 Å². The molecule has 2 aromatic rings. The molecule has 0 aromatic heterocycles. The molecule has 21 heavy (non-hydrogen) atoms. The summed E-state index contributed by atoms with van der Waals surface area (Å²) in [6.45, 7) is -0.00197. The van der Waals surface area contributed by atoms with Crippen LogP contribution in [-0.4, -0.2) is 10.8 Å². The van der Waals surface area contributed by atoms with Gasteiger partial charge in [0, 0.05) is 17.7 Å². The van der Waals surface area contributed by atoms with Crippen LogP contribution in [0.25, 0.3) is 0 Å². The Bertz CT molecular complexity index is 704. The molecule has 6 nitrogen and oxygen atoms in total. The molecule has 0 fully saturated rings. The van der Waals surface area contributed by atoms with Gasteiger partial charge in [0.05, 0.1) is 4.92 Å². The van der Waals surface area contributed by atoms with Crippen LogP contribution >= 0.6 is 0 Å². The second-order valence-corrected chi connectivity index (χ2v) is 4.27. The number of non-ortho nitro benzene ring substituents is 1. The van der Waals surface area contributed by atoms with E-state index in [4.69, 9.17) is 15.9 Å². The van der Waals surface area contributed by atoms with Gasteiger partial charge in [-0.25, -0.2) is 4.39 Å². The number of nitrogen functional groups attached to an aromatic ring is 1. The maximum absolute atomic E-state index is 13.7. The molecular formula is C14H12FN3O3. The van der Waals surface area contributed by atoms with Gasteiger partial charge in [-0.3, -0.25) is 15.5 Å². The highest BCUT2D eigenvalue weighted by Crippen LogP contribution is 2.20. The molecule has 2 aromatic carbocycles. The van der Waals surface area contributed by atoms with Crippen LogP contribution in [-0.2, 0) is 6.61 Å². The number of nitrogens with two attached hydrogens (primary N) is 1. The van der Waals surface area contributed by atoms with Crippen LogP contribution in [0.15, 0.2) is 42.5 Å². The third-order valence-electron chi connectivity index (χ3n) is 2.76. The quantitative estimate of drug-likeness (QED) is 0.382. The van der Waals surface area contributed by atoms with Crippen molar-refractivity contribution < 1.29 is 14.1 Å². The van der Waals surface area contributed by atoms with Crippen LogP contribution in [0.3, 0.4) is 0 Å². The maximum Gasteiger partial charge on any atom is 0.269 e. The first-order valence-electron chi connectivity index (χ1n) is 5.97. The number of nitrogens with zero attached hydrogens (tertiary/aromatic N) is 1. The molecule has 0 amide bonds. The van der Waals surface area contributed by atoms with E-state index in [9.17, 15) is 14.5 Å². The highest BCUT2D eigenvalue weighted by atomic mass is 19.1. The summed E-state index contributed by atoms with van der Waals surface area (Å²) in [5, 5.41) is 17.9. The van der Waals surface area contributed by atoms with E-state index >= 15 is 0 Å². The summed E-state index contributed by atoms with van der Waals surface area (Å²) in [7, 11) is 0. The van der Waals surface area contributed by atoms with Gasteiger partial charge in [-0.1, -0.05) is 12.1 Å².